The Morgan fingerprint density at radius 2 is 1.71 bits per heavy atom. The minimum atomic E-state index is -0.354. The van der Waals surface area contributed by atoms with Crippen molar-refractivity contribution in [3.63, 3.8) is 0 Å². The summed E-state index contributed by atoms with van der Waals surface area (Å²) in [5, 5.41) is 8.97. The number of rotatable bonds is 4. The van der Waals surface area contributed by atoms with Crippen molar-refractivity contribution < 1.29 is 4.42 Å². The van der Waals surface area contributed by atoms with Crippen LogP contribution in [0.1, 0.15) is 36.4 Å². The van der Waals surface area contributed by atoms with Gasteiger partial charge in [-0.15, -0.1) is 0 Å². The predicted molar refractivity (Wildman–Crippen MR) is 154 cm³/mol. The van der Waals surface area contributed by atoms with E-state index in [-0.39, 0.29) is 17.6 Å². The van der Waals surface area contributed by atoms with E-state index in [9.17, 15) is 4.79 Å². The molecule has 0 amide bonds. The number of nitrogens with zero attached hydrogens (tertiary/aromatic N) is 3. The Balaban J connectivity index is 1.32. The van der Waals surface area contributed by atoms with Gasteiger partial charge < -0.3 is 4.42 Å². The standard InChI is InChI=1S/C32H25N3O2S/c36-31-26(19-23-14-7-8-17-27(23)37-31)28-20-33-32(38-28)35-30(22-12-5-2-6-13-22)25-16-9-15-24(29(25)34-35)18-21-10-3-1-4-11-21/h1-8,10-14,17-20,25,30H,9,15-16H2/b24-18+/t25-,30+/m1/s1. The van der Waals surface area contributed by atoms with Gasteiger partial charge in [0, 0.05) is 17.5 Å². The maximum atomic E-state index is 12.8. The normalized spacial score (nSPS) is 20.1. The lowest BCUT2D eigenvalue weighted by Crippen LogP contribution is -2.27. The number of hydrogen-bond acceptors (Lipinski definition) is 6. The number of fused-ring (bicyclic) bond motifs is 2. The lowest BCUT2D eigenvalue weighted by Gasteiger charge is -2.29. The van der Waals surface area contributed by atoms with E-state index < -0.39 is 0 Å². The molecule has 2 aromatic heterocycles. The lowest BCUT2D eigenvalue weighted by atomic mass is 9.77. The molecule has 0 spiro atoms. The number of hydrogen-bond donors (Lipinski definition) is 0. The summed E-state index contributed by atoms with van der Waals surface area (Å²) in [4.78, 5) is 18.4. The summed E-state index contributed by atoms with van der Waals surface area (Å²) in [6.07, 6.45) is 7.27. The Labute approximate surface area is 224 Å². The van der Waals surface area contributed by atoms with Gasteiger partial charge in [-0.2, -0.15) is 5.10 Å². The molecule has 3 aromatic carbocycles. The highest BCUT2D eigenvalue weighted by molar-refractivity contribution is 7.18. The highest BCUT2D eigenvalue weighted by Gasteiger charge is 2.42. The van der Waals surface area contributed by atoms with Crippen molar-refractivity contribution in [3.05, 3.63) is 124 Å². The van der Waals surface area contributed by atoms with Gasteiger partial charge in [-0.3, -0.25) is 0 Å². The van der Waals surface area contributed by atoms with Crippen LogP contribution in [0, 0.1) is 5.92 Å². The van der Waals surface area contributed by atoms with Crippen molar-refractivity contribution >= 4 is 39.2 Å². The van der Waals surface area contributed by atoms with Crippen molar-refractivity contribution in [2.24, 2.45) is 11.0 Å². The molecular formula is C32H25N3O2S. The summed E-state index contributed by atoms with van der Waals surface area (Å²) in [7, 11) is 0. The van der Waals surface area contributed by atoms with E-state index in [0.717, 1.165) is 40.4 Å². The van der Waals surface area contributed by atoms with E-state index in [1.165, 1.54) is 28.0 Å². The van der Waals surface area contributed by atoms with E-state index in [0.29, 0.717) is 11.1 Å². The number of anilines is 1. The second-order valence-corrected chi connectivity index (χ2v) is 10.8. The summed E-state index contributed by atoms with van der Waals surface area (Å²) in [6.45, 7) is 0. The largest absolute Gasteiger partial charge is 0.422 e. The molecule has 1 aliphatic carbocycles. The molecule has 5 nitrogen and oxygen atoms in total. The van der Waals surface area contributed by atoms with Crippen LogP contribution in [-0.2, 0) is 0 Å². The molecular weight excluding hydrogens is 490 g/mol. The second-order valence-electron chi connectivity index (χ2n) is 9.76. The van der Waals surface area contributed by atoms with Crippen LogP contribution < -0.4 is 10.6 Å². The molecule has 1 saturated carbocycles. The molecule has 1 fully saturated rings. The van der Waals surface area contributed by atoms with Crippen LogP contribution in [0.2, 0.25) is 0 Å². The number of thiazole rings is 1. The number of hydrazone groups is 1. The Bertz CT molecular complexity index is 1740. The Morgan fingerprint density at radius 1 is 0.947 bits per heavy atom. The third-order valence-corrected chi connectivity index (χ3v) is 8.40. The molecule has 0 bridgehead atoms. The van der Waals surface area contributed by atoms with Gasteiger partial charge in [0.1, 0.15) is 5.58 Å². The minimum Gasteiger partial charge on any atom is -0.422 e. The van der Waals surface area contributed by atoms with Gasteiger partial charge in [-0.25, -0.2) is 14.8 Å². The van der Waals surface area contributed by atoms with Crippen molar-refractivity contribution in [1.29, 1.82) is 0 Å². The molecule has 6 heteroatoms. The summed E-state index contributed by atoms with van der Waals surface area (Å²) in [5.41, 5.74) is 5.62. The first-order chi connectivity index (χ1) is 18.7. The quantitative estimate of drug-likeness (QED) is 0.230. The van der Waals surface area contributed by atoms with Gasteiger partial charge in [0.2, 0.25) is 5.13 Å². The maximum absolute atomic E-state index is 12.8. The molecule has 186 valence electrons. The van der Waals surface area contributed by atoms with Crippen LogP contribution in [0.25, 0.3) is 27.5 Å². The first-order valence-corrected chi connectivity index (χ1v) is 13.7. The number of allylic oxidation sites excluding steroid dienone is 1. The molecule has 38 heavy (non-hydrogen) atoms. The van der Waals surface area contributed by atoms with Crippen molar-refractivity contribution in [2.45, 2.75) is 25.3 Å². The Morgan fingerprint density at radius 3 is 2.55 bits per heavy atom. The van der Waals surface area contributed by atoms with E-state index in [1.807, 2.05) is 42.5 Å². The molecule has 0 saturated heterocycles. The second kappa shape index (κ2) is 9.54. The third kappa shape index (κ3) is 4.07. The van der Waals surface area contributed by atoms with Crippen LogP contribution in [0.3, 0.4) is 0 Å². The summed E-state index contributed by atoms with van der Waals surface area (Å²) in [5.74, 6) is 0.277. The zero-order valence-electron chi connectivity index (χ0n) is 20.7. The van der Waals surface area contributed by atoms with Gasteiger partial charge >= 0.3 is 5.63 Å². The van der Waals surface area contributed by atoms with Gasteiger partial charge in [-0.1, -0.05) is 90.2 Å². The fraction of sp³-hybridized carbons (Fsp3) is 0.156. The average molecular weight is 516 g/mol. The summed E-state index contributed by atoms with van der Waals surface area (Å²) in [6, 6.07) is 30.6. The summed E-state index contributed by atoms with van der Waals surface area (Å²) >= 11 is 1.48. The maximum Gasteiger partial charge on any atom is 0.345 e. The zero-order valence-corrected chi connectivity index (χ0v) is 21.5. The Hall–Kier alpha value is -4.29. The molecule has 0 radical (unpaired) electrons. The van der Waals surface area contributed by atoms with Crippen molar-refractivity contribution in [1.82, 2.24) is 4.98 Å². The minimum absolute atomic E-state index is 0.0534. The van der Waals surface area contributed by atoms with Crippen LogP contribution in [0.15, 0.2) is 117 Å². The van der Waals surface area contributed by atoms with E-state index in [4.69, 9.17) is 14.5 Å². The fourth-order valence-corrected chi connectivity index (χ4v) is 6.53. The van der Waals surface area contributed by atoms with Crippen LogP contribution in [0.5, 0.6) is 0 Å². The van der Waals surface area contributed by atoms with Gasteiger partial charge in [-0.05, 0) is 54.2 Å². The average Bonchev–Trinajstić information content (AvgIpc) is 3.60. The monoisotopic (exact) mass is 515 g/mol. The number of aromatic nitrogens is 1. The first-order valence-electron chi connectivity index (χ1n) is 12.9. The molecule has 7 rings (SSSR count). The smallest absolute Gasteiger partial charge is 0.345 e. The molecule has 3 heterocycles. The van der Waals surface area contributed by atoms with Crippen LogP contribution in [0.4, 0.5) is 5.13 Å². The zero-order chi connectivity index (χ0) is 25.5. The highest BCUT2D eigenvalue weighted by Crippen LogP contribution is 2.47. The topological polar surface area (TPSA) is 58.7 Å². The number of para-hydroxylation sites is 1. The van der Waals surface area contributed by atoms with E-state index >= 15 is 0 Å². The predicted octanol–water partition coefficient (Wildman–Crippen LogP) is 7.72. The van der Waals surface area contributed by atoms with E-state index in [1.54, 1.807) is 6.20 Å². The molecule has 2 atom stereocenters. The third-order valence-electron chi connectivity index (χ3n) is 7.38. The molecule has 2 aliphatic rings. The first kappa shape index (κ1) is 22.9. The van der Waals surface area contributed by atoms with Crippen LogP contribution in [-0.4, -0.2) is 10.7 Å². The molecule has 0 N–H and O–H groups in total. The highest BCUT2D eigenvalue weighted by atomic mass is 32.1. The molecule has 0 unspecified atom stereocenters. The van der Waals surface area contributed by atoms with Crippen molar-refractivity contribution in [2.75, 3.05) is 5.01 Å². The van der Waals surface area contributed by atoms with Crippen molar-refractivity contribution in [3.8, 4) is 10.4 Å². The van der Waals surface area contributed by atoms with Crippen LogP contribution >= 0.6 is 11.3 Å². The van der Waals surface area contributed by atoms with Gasteiger partial charge in [0.25, 0.3) is 0 Å². The Kier molecular flexibility index (Phi) is 5.74. The number of benzene rings is 3. The van der Waals surface area contributed by atoms with Gasteiger partial charge in [0.15, 0.2) is 0 Å². The molecule has 5 aromatic rings. The molecule has 1 aliphatic heterocycles. The fourth-order valence-electron chi connectivity index (χ4n) is 5.62. The summed E-state index contributed by atoms with van der Waals surface area (Å²) < 4.78 is 5.59. The van der Waals surface area contributed by atoms with Gasteiger partial charge in [0.05, 0.1) is 22.2 Å². The van der Waals surface area contributed by atoms with E-state index in [2.05, 4.69) is 59.6 Å². The lowest BCUT2D eigenvalue weighted by molar-refractivity contribution is 0.487. The SMILES string of the molecule is O=c1oc2ccccc2cc1-c1cnc(N2N=C3/C(=C/c4ccccc4)CCC[C@H]3[C@@H]2c2ccccc2)s1.